The van der Waals surface area contributed by atoms with E-state index in [1.54, 1.807) is 6.92 Å². The molecule has 0 aliphatic heterocycles. The van der Waals surface area contributed by atoms with Gasteiger partial charge in [0.15, 0.2) is 0 Å². The molecule has 0 saturated heterocycles. The molecule has 0 saturated carbocycles. The van der Waals surface area contributed by atoms with Gasteiger partial charge in [-0.15, -0.1) is 0 Å². The second kappa shape index (κ2) is 5.44. The molecular formula is C15H12F5N. The Morgan fingerprint density at radius 2 is 1.67 bits per heavy atom. The maximum atomic E-state index is 13.3. The highest BCUT2D eigenvalue weighted by atomic mass is 19.4. The Morgan fingerprint density at radius 1 is 1.00 bits per heavy atom. The number of benzene rings is 2. The molecule has 0 radical (unpaired) electrons. The largest absolute Gasteiger partial charge is 0.419 e. The van der Waals surface area contributed by atoms with Gasteiger partial charge in [0.1, 0.15) is 11.6 Å². The molecule has 0 aliphatic rings. The van der Waals surface area contributed by atoms with E-state index in [0.29, 0.717) is 23.3 Å². The quantitative estimate of drug-likeness (QED) is 0.820. The number of hydrogen-bond acceptors (Lipinski definition) is 1. The number of nitrogens with two attached hydrogens (primary N) is 1. The molecule has 0 aromatic heterocycles. The molecule has 0 spiro atoms. The summed E-state index contributed by atoms with van der Waals surface area (Å²) in [6.45, 7) is 1.67. The highest BCUT2D eigenvalue weighted by molar-refractivity contribution is 5.39. The fourth-order valence-electron chi connectivity index (χ4n) is 2.08. The highest BCUT2D eigenvalue weighted by Crippen LogP contribution is 2.34. The molecule has 2 aromatic rings. The molecule has 112 valence electrons. The maximum Gasteiger partial charge on any atom is 0.419 e. The Hall–Kier alpha value is -1.95. The minimum absolute atomic E-state index is 0.0671. The molecule has 1 unspecified atom stereocenters. The minimum atomic E-state index is -4.81. The van der Waals surface area contributed by atoms with Crippen LogP contribution in [0.5, 0.6) is 0 Å². The van der Waals surface area contributed by atoms with Crippen LogP contribution in [0.1, 0.15) is 28.3 Å². The molecule has 21 heavy (non-hydrogen) atoms. The summed E-state index contributed by atoms with van der Waals surface area (Å²) in [6, 6.07) is 5.45. The Bertz CT molecular complexity index is 664. The van der Waals surface area contributed by atoms with Crippen LogP contribution in [0.15, 0.2) is 36.4 Å². The van der Waals surface area contributed by atoms with Crippen molar-refractivity contribution in [1.82, 2.24) is 0 Å². The molecule has 2 aromatic carbocycles. The lowest BCUT2D eigenvalue weighted by Crippen LogP contribution is -2.16. The Morgan fingerprint density at radius 3 is 2.29 bits per heavy atom. The van der Waals surface area contributed by atoms with Crippen LogP contribution in [0.3, 0.4) is 0 Å². The van der Waals surface area contributed by atoms with Gasteiger partial charge in [0.2, 0.25) is 0 Å². The minimum Gasteiger partial charge on any atom is -0.320 e. The monoisotopic (exact) mass is 301 g/mol. The van der Waals surface area contributed by atoms with Crippen molar-refractivity contribution in [2.45, 2.75) is 19.1 Å². The fourth-order valence-corrected chi connectivity index (χ4v) is 2.08. The van der Waals surface area contributed by atoms with E-state index in [0.717, 1.165) is 6.07 Å². The molecule has 0 fully saturated rings. The van der Waals surface area contributed by atoms with E-state index in [4.69, 9.17) is 5.73 Å². The number of hydrogen-bond donors (Lipinski definition) is 1. The van der Waals surface area contributed by atoms with Gasteiger partial charge in [-0.2, -0.15) is 13.2 Å². The Balaban J connectivity index is 2.49. The van der Waals surface area contributed by atoms with Crippen molar-refractivity contribution >= 4 is 0 Å². The van der Waals surface area contributed by atoms with Gasteiger partial charge in [0, 0.05) is 0 Å². The SMILES string of the molecule is Cc1ccc(F)cc1C(N)c1ccc(F)c(C(F)(F)F)c1. The zero-order chi connectivity index (χ0) is 15.8. The second-order valence-electron chi connectivity index (χ2n) is 4.72. The van der Waals surface area contributed by atoms with Crippen molar-refractivity contribution in [2.75, 3.05) is 0 Å². The molecule has 0 heterocycles. The van der Waals surface area contributed by atoms with Crippen molar-refractivity contribution in [3.8, 4) is 0 Å². The first-order chi connectivity index (χ1) is 9.70. The first-order valence-electron chi connectivity index (χ1n) is 6.08. The van der Waals surface area contributed by atoms with Gasteiger partial charge < -0.3 is 5.73 Å². The van der Waals surface area contributed by atoms with Crippen LogP contribution < -0.4 is 5.73 Å². The zero-order valence-electron chi connectivity index (χ0n) is 11.0. The maximum absolute atomic E-state index is 13.3. The van der Waals surface area contributed by atoms with E-state index >= 15 is 0 Å². The van der Waals surface area contributed by atoms with E-state index in [2.05, 4.69) is 0 Å². The van der Waals surface area contributed by atoms with E-state index in [-0.39, 0.29) is 5.56 Å². The smallest absolute Gasteiger partial charge is 0.320 e. The zero-order valence-corrected chi connectivity index (χ0v) is 11.0. The van der Waals surface area contributed by atoms with Crippen LogP contribution in [-0.4, -0.2) is 0 Å². The number of alkyl halides is 3. The third-order valence-corrected chi connectivity index (χ3v) is 3.23. The molecule has 1 atom stereocenters. The summed E-state index contributed by atoms with van der Waals surface area (Å²) in [6.07, 6.45) is -4.81. The molecule has 0 aliphatic carbocycles. The second-order valence-corrected chi connectivity index (χ2v) is 4.72. The molecule has 0 bridgehead atoms. The van der Waals surface area contributed by atoms with Gasteiger partial charge in [-0.3, -0.25) is 0 Å². The van der Waals surface area contributed by atoms with Crippen LogP contribution in [0.25, 0.3) is 0 Å². The third-order valence-electron chi connectivity index (χ3n) is 3.23. The van der Waals surface area contributed by atoms with E-state index < -0.39 is 29.4 Å². The predicted octanol–water partition coefficient (Wildman–Crippen LogP) is 4.34. The predicted molar refractivity (Wildman–Crippen MR) is 68.6 cm³/mol. The average Bonchev–Trinajstić information content (AvgIpc) is 2.40. The molecule has 0 amide bonds. The number of rotatable bonds is 2. The van der Waals surface area contributed by atoms with Crippen LogP contribution >= 0.6 is 0 Å². The first kappa shape index (κ1) is 15.4. The topological polar surface area (TPSA) is 26.0 Å². The number of aryl methyl sites for hydroxylation is 1. The first-order valence-corrected chi connectivity index (χ1v) is 6.08. The molecule has 1 nitrogen and oxygen atoms in total. The molecule has 6 heteroatoms. The van der Waals surface area contributed by atoms with Crippen molar-refractivity contribution in [1.29, 1.82) is 0 Å². The molecule has 2 N–H and O–H groups in total. The lowest BCUT2D eigenvalue weighted by molar-refractivity contribution is -0.140. The fraction of sp³-hybridized carbons (Fsp3) is 0.200. The summed E-state index contributed by atoms with van der Waals surface area (Å²) in [5.74, 6) is -1.90. The van der Waals surface area contributed by atoms with E-state index in [9.17, 15) is 22.0 Å². The summed E-state index contributed by atoms with van der Waals surface area (Å²) in [5, 5.41) is 0. The molecule has 2 rings (SSSR count). The van der Waals surface area contributed by atoms with Crippen LogP contribution in [0, 0.1) is 18.6 Å². The summed E-state index contributed by atoms with van der Waals surface area (Å²) >= 11 is 0. The van der Waals surface area contributed by atoms with Crippen LogP contribution in [-0.2, 0) is 6.18 Å². The van der Waals surface area contributed by atoms with Crippen LogP contribution in [0.4, 0.5) is 22.0 Å². The third kappa shape index (κ3) is 3.21. The normalized spacial score (nSPS) is 13.3. The van der Waals surface area contributed by atoms with Gasteiger partial charge in [-0.25, -0.2) is 8.78 Å². The lowest BCUT2D eigenvalue weighted by atomic mass is 9.94. The van der Waals surface area contributed by atoms with Gasteiger partial charge in [0.25, 0.3) is 0 Å². The Labute approximate surface area is 118 Å². The van der Waals surface area contributed by atoms with Gasteiger partial charge in [-0.05, 0) is 47.9 Å². The Kier molecular flexibility index (Phi) is 4.00. The number of halogens is 5. The van der Waals surface area contributed by atoms with Crippen molar-refractivity contribution in [2.24, 2.45) is 5.73 Å². The van der Waals surface area contributed by atoms with Gasteiger partial charge in [-0.1, -0.05) is 12.1 Å². The van der Waals surface area contributed by atoms with Crippen molar-refractivity contribution in [3.63, 3.8) is 0 Å². The average molecular weight is 301 g/mol. The summed E-state index contributed by atoms with van der Waals surface area (Å²) in [7, 11) is 0. The van der Waals surface area contributed by atoms with Gasteiger partial charge >= 0.3 is 6.18 Å². The standard InChI is InChI=1S/C15H12F5N/c1-8-2-4-10(16)7-11(8)14(21)9-3-5-13(17)12(6-9)15(18,19)20/h2-7,14H,21H2,1H3. The summed E-state index contributed by atoms with van der Waals surface area (Å²) in [4.78, 5) is 0. The summed E-state index contributed by atoms with van der Waals surface area (Å²) in [5.41, 5.74) is 5.57. The van der Waals surface area contributed by atoms with Gasteiger partial charge in [0.05, 0.1) is 11.6 Å². The van der Waals surface area contributed by atoms with Crippen molar-refractivity contribution in [3.05, 3.63) is 70.3 Å². The summed E-state index contributed by atoms with van der Waals surface area (Å²) < 4.78 is 64.6. The van der Waals surface area contributed by atoms with Crippen LogP contribution in [0.2, 0.25) is 0 Å². The van der Waals surface area contributed by atoms with E-state index in [1.165, 1.54) is 18.2 Å². The highest BCUT2D eigenvalue weighted by Gasteiger charge is 2.34. The molecular weight excluding hydrogens is 289 g/mol. The van der Waals surface area contributed by atoms with E-state index in [1.807, 2.05) is 0 Å². The van der Waals surface area contributed by atoms with Crippen molar-refractivity contribution < 1.29 is 22.0 Å². The lowest BCUT2D eigenvalue weighted by Gasteiger charge is -2.17.